The predicted molar refractivity (Wildman–Crippen MR) is 111 cm³/mol. The van der Waals surface area contributed by atoms with E-state index in [0.29, 0.717) is 16.4 Å². The van der Waals surface area contributed by atoms with Crippen LogP contribution in [0.5, 0.6) is 5.75 Å². The van der Waals surface area contributed by atoms with Crippen LogP contribution >= 0.6 is 12.2 Å². The molecular formula is C19H27N4O4S+. The van der Waals surface area contributed by atoms with Gasteiger partial charge in [-0.3, -0.25) is 15.6 Å². The standard InChI is InChI=1S/C19H26N4O4S/c1-12-10-17(24)27-16-11-14(6-7-15(12)16)26-13(2)18(25)21-22-19(28)20-8-5-9-23(3)4/h6-7,10-11,13H,5,8-9H2,1-4H3,(H,21,25)(H2,20,22,28)/p+1/t13-/m1/s1. The van der Waals surface area contributed by atoms with Gasteiger partial charge in [-0.1, -0.05) is 0 Å². The monoisotopic (exact) mass is 407 g/mol. The zero-order valence-corrected chi connectivity index (χ0v) is 17.4. The van der Waals surface area contributed by atoms with Crippen LogP contribution in [0, 0.1) is 6.92 Å². The van der Waals surface area contributed by atoms with Crippen LogP contribution in [-0.2, 0) is 4.79 Å². The van der Waals surface area contributed by atoms with Gasteiger partial charge in [0.05, 0.1) is 20.6 Å². The summed E-state index contributed by atoms with van der Waals surface area (Å²) >= 11 is 5.12. The maximum atomic E-state index is 12.2. The molecule has 8 nitrogen and oxygen atoms in total. The van der Waals surface area contributed by atoms with Gasteiger partial charge >= 0.3 is 5.63 Å². The lowest BCUT2D eigenvalue weighted by molar-refractivity contribution is -0.858. The molecule has 0 radical (unpaired) electrons. The molecule has 152 valence electrons. The number of carbonyl (C=O) groups is 1. The average Bonchev–Trinajstić information content (AvgIpc) is 2.62. The maximum absolute atomic E-state index is 12.2. The van der Waals surface area contributed by atoms with Crippen molar-refractivity contribution in [2.45, 2.75) is 26.4 Å². The molecule has 0 aliphatic rings. The molecule has 1 aromatic heterocycles. The van der Waals surface area contributed by atoms with Gasteiger partial charge in [-0.05, 0) is 43.8 Å². The van der Waals surface area contributed by atoms with Crippen LogP contribution < -0.4 is 31.4 Å². The van der Waals surface area contributed by atoms with Crippen molar-refractivity contribution in [1.82, 2.24) is 16.2 Å². The maximum Gasteiger partial charge on any atom is 0.336 e. The Balaban J connectivity index is 1.84. The summed E-state index contributed by atoms with van der Waals surface area (Å²) in [6.45, 7) is 5.20. The molecule has 0 aliphatic carbocycles. The van der Waals surface area contributed by atoms with Crippen LogP contribution in [0.3, 0.4) is 0 Å². The Morgan fingerprint density at radius 2 is 2.04 bits per heavy atom. The number of quaternary nitrogens is 1. The summed E-state index contributed by atoms with van der Waals surface area (Å²) in [7, 11) is 4.17. The Morgan fingerprint density at radius 3 is 2.75 bits per heavy atom. The summed E-state index contributed by atoms with van der Waals surface area (Å²) in [5, 5.41) is 4.18. The van der Waals surface area contributed by atoms with Gasteiger partial charge in [0.15, 0.2) is 11.2 Å². The molecule has 0 saturated heterocycles. The normalized spacial score (nSPS) is 11.9. The number of ether oxygens (including phenoxy) is 1. The molecular weight excluding hydrogens is 380 g/mol. The van der Waals surface area contributed by atoms with Gasteiger partial charge in [0, 0.05) is 30.5 Å². The molecule has 9 heteroatoms. The Bertz CT molecular complexity index is 897. The van der Waals surface area contributed by atoms with E-state index in [0.717, 1.165) is 30.5 Å². The van der Waals surface area contributed by atoms with E-state index in [2.05, 4.69) is 30.3 Å². The van der Waals surface area contributed by atoms with E-state index < -0.39 is 11.7 Å². The lowest BCUT2D eigenvalue weighted by atomic mass is 10.1. The van der Waals surface area contributed by atoms with Crippen molar-refractivity contribution in [2.75, 3.05) is 27.2 Å². The summed E-state index contributed by atoms with van der Waals surface area (Å²) in [5.74, 6) is 0.0449. The number of thiocarbonyl (C=S) groups is 1. The number of fused-ring (bicyclic) bond motifs is 1. The Kier molecular flexibility index (Phi) is 7.77. The van der Waals surface area contributed by atoms with Gasteiger partial charge in [-0.15, -0.1) is 0 Å². The lowest BCUT2D eigenvalue weighted by Crippen LogP contribution is -3.05. The smallest absolute Gasteiger partial charge is 0.336 e. The van der Waals surface area contributed by atoms with Gasteiger partial charge in [0.1, 0.15) is 11.3 Å². The third kappa shape index (κ3) is 6.50. The number of amides is 1. The number of rotatable bonds is 7. The minimum absolute atomic E-state index is 0.345. The highest BCUT2D eigenvalue weighted by Crippen LogP contribution is 2.22. The average molecular weight is 408 g/mol. The van der Waals surface area contributed by atoms with Crippen molar-refractivity contribution >= 4 is 34.2 Å². The number of aryl methyl sites for hydroxylation is 1. The van der Waals surface area contributed by atoms with Gasteiger partial charge in [-0.25, -0.2) is 4.79 Å². The molecule has 0 fully saturated rings. The molecule has 1 amide bonds. The largest absolute Gasteiger partial charge is 0.481 e. The topological polar surface area (TPSA) is 97.0 Å². The van der Waals surface area contributed by atoms with E-state index in [4.69, 9.17) is 21.4 Å². The molecule has 0 unspecified atom stereocenters. The van der Waals surface area contributed by atoms with Crippen LogP contribution in [0.2, 0.25) is 0 Å². The van der Waals surface area contributed by atoms with Gasteiger partial charge in [0.2, 0.25) is 0 Å². The Labute approximate surface area is 169 Å². The van der Waals surface area contributed by atoms with E-state index in [-0.39, 0.29) is 5.91 Å². The van der Waals surface area contributed by atoms with Crippen molar-refractivity contribution < 1.29 is 18.8 Å². The zero-order valence-electron chi connectivity index (χ0n) is 16.5. The lowest BCUT2D eigenvalue weighted by Gasteiger charge is -2.17. The second kappa shape index (κ2) is 10.0. The van der Waals surface area contributed by atoms with Gasteiger partial charge < -0.3 is 19.4 Å². The van der Waals surface area contributed by atoms with E-state index in [9.17, 15) is 9.59 Å². The second-order valence-corrected chi connectivity index (χ2v) is 7.26. The van der Waals surface area contributed by atoms with Gasteiger partial charge in [-0.2, -0.15) is 0 Å². The summed E-state index contributed by atoms with van der Waals surface area (Å²) in [4.78, 5) is 25.1. The molecule has 1 heterocycles. The first kappa shape index (κ1) is 21.6. The van der Waals surface area contributed by atoms with Crippen molar-refractivity contribution in [3.63, 3.8) is 0 Å². The van der Waals surface area contributed by atoms with Crippen molar-refractivity contribution in [2.24, 2.45) is 0 Å². The molecule has 0 bridgehead atoms. The fraction of sp³-hybridized carbons (Fsp3) is 0.421. The molecule has 2 aromatic rings. The summed E-state index contributed by atoms with van der Waals surface area (Å²) in [6, 6.07) is 6.55. The Hall–Kier alpha value is -2.65. The van der Waals surface area contributed by atoms with E-state index in [1.165, 1.54) is 11.0 Å². The number of hydrogen-bond donors (Lipinski definition) is 4. The quantitative estimate of drug-likeness (QED) is 0.220. The molecule has 0 spiro atoms. The molecule has 0 saturated carbocycles. The fourth-order valence-electron chi connectivity index (χ4n) is 2.54. The minimum atomic E-state index is -0.776. The highest BCUT2D eigenvalue weighted by Gasteiger charge is 2.15. The minimum Gasteiger partial charge on any atom is -0.481 e. The van der Waals surface area contributed by atoms with E-state index in [1.54, 1.807) is 25.1 Å². The predicted octanol–water partition coefficient (Wildman–Crippen LogP) is -0.101. The van der Waals surface area contributed by atoms with Gasteiger partial charge in [0.25, 0.3) is 5.91 Å². The molecule has 4 N–H and O–H groups in total. The molecule has 2 rings (SSSR count). The molecule has 28 heavy (non-hydrogen) atoms. The van der Waals surface area contributed by atoms with E-state index in [1.807, 2.05) is 6.92 Å². The van der Waals surface area contributed by atoms with Crippen LogP contribution in [-0.4, -0.2) is 44.3 Å². The van der Waals surface area contributed by atoms with Crippen LogP contribution in [0.25, 0.3) is 11.0 Å². The summed E-state index contributed by atoms with van der Waals surface area (Å²) in [5.41, 5.74) is 5.98. The van der Waals surface area contributed by atoms with Crippen molar-refractivity contribution in [1.29, 1.82) is 0 Å². The third-order valence-corrected chi connectivity index (χ3v) is 4.29. The first-order valence-corrected chi connectivity index (χ1v) is 9.51. The molecule has 0 aliphatic heterocycles. The first-order valence-electron chi connectivity index (χ1n) is 9.10. The van der Waals surface area contributed by atoms with E-state index >= 15 is 0 Å². The zero-order chi connectivity index (χ0) is 20.7. The highest BCUT2D eigenvalue weighted by atomic mass is 32.1. The number of nitrogens with one attached hydrogen (secondary N) is 4. The molecule has 1 atom stereocenters. The second-order valence-electron chi connectivity index (χ2n) is 6.85. The number of hydrazine groups is 1. The molecule has 1 aromatic carbocycles. The summed E-state index contributed by atoms with van der Waals surface area (Å²) in [6.07, 6.45) is 0.191. The first-order chi connectivity index (χ1) is 13.3. The highest BCUT2D eigenvalue weighted by molar-refractivity contribution is 7.80. The van der Waals surface area contributed by atoms with Crippen LogP contribution in [0.1, 0.15) is 18.9 Å². The third-order valence-electron chi connectivity index (χ3n) is 4.04. The fourth-order valence-corrected chi connectivity index (χ4v) is 2.70. The summed E-state index contributed by atoms with van der Waals surface area (Å²) < 4.78 is 10.8. The SMILES string of the molecule is Cc1cc(=O)oc2cc(O[C@H](C)C(=O)NNC(=S)NCCC[NH+](C)C)ccc12. The Morgan fingerprint density at radius 1 is 1.29 bits per heavy atom. The van der Waals surface area contributed by atoms with Crippen LogP contribution in [0.4, 0.5) is 0 Å². The number of benzene rings is 1. The van der Waals surface area contributed by atoms with Crippen LogP contribution in [0.15, 0.2) is 33.5 Å². The number of hydrogen-bond acceptors (Lipinski definition) is 5. The van der Waals surface area contributed by atoms with Crippen molar-refractivity contribution in [3.05, 3.63) is 40.2 Å². The van der Waals surface area contributed by atoms with Crippen molar-refractivity contribution in [3.8, 4) is 5.75 Å². The number of carbonyl (C=O) groups excluding carboxylic acids is 1.